The van der Waals surface area contributed by atoms with Gasteiger partial charge in [0.2, 0.25) is 0 Å². The van der Waals surface area contributed by atoms with Crippen molar-refractivity contribution < 1.29 is 4.42 Å². The Morgan fingerprint density at radius 2 is 0.962 bits per heavy atom. The molecule has 248 valence electrons. The summed E-state index contributed by atoms with van der Waals surface area (Å²) in [7, 11) is 0. The number of fused-ring (bicyclic) bond motifs is 9. The molecule has 2 aromatic heterocycles. The fraction of sp³-hybridized carbons (Fsp3) is 0. The molecule has 0 saturated heterocycles. The Bertz CT molecular complexity index is 3170. The standard InChI is InChI=1S/C50H31NOS/c1-2-15-35(16-3-1)51(45-24-10-14-32-13-4-5-17-36(32)45)46-25-12-23-42-44-31-43(38-18-6-7-20-41(38)49(44)53-50(42)46)34-29-27-33(28-30-34)37-21-11-22-40-39-19-8-9-26-47(39)52-48(37)40/h1-31H. The van der Waals surface area contributed by atoms with Gasteiger partial charge in [-0.1, -0.05) is 152 Å². The van der Waals surface area contributed by atoms with Gasteiger partial charge in [0.15, 0.2) is 0 Å². The molecule has 2 heterocycles. The molecule has 0 N–H and O–H groups in total. The van der Waals surface area contributed by atoms with E-state index in [9.17, 15) is 0 Å². The zero-order chi connectivity index (χ0) is 34.9. The fourth-order valence-electron chi connectivity index (χ4n) is 8.21. The van der Waals surface area contributed by atoms with E-state index >= 15 is 0 Å². The van der Waals surface area contributed by atoms with Gasteiger partial charge < -0.3 is 9.32 Å². The molecule has 9 aromatic carbocycles. The second-order valence-corrected chi connectivity index (χ2v) is 14.6. The molecule has 0 aliphatic carbocycles. The van der Waals surface area contributed by atoms with E-state index < -0.39 is 0 Å². The Kier molecular flexibility index (Phi) is 6.76. The summed E-state index contributed by atoms with van der Waals surface area (Å²) in [4.78, 5) is 2.43. The molecule has 0 fully saturated rings. The zero-order valence-electron chi connectivity index (χ0n) is 28.7. The average molecular weight is 694 g/mol. The van der Waals surface area contributed by atoms with E-state index in [0.717, 1.165) is 38.8 Å². The molecular formula is C50H31NOS. The number of nitrogens with zero attached hydrogens (tertiary/aromatic N) is 1. The van der Waals surface area contributed by atoms with Gasteiger partial charge in [-0.25, -0.2) is 0 Å². The molecule has 0 saturated carbocycles. The molecule has 11 rings (SSSR count). The van der Waals surface area contributed by atoms with Gasteiger partial charge in [0.1, 0.15) is 11.2 Å². The highest BCUT2D eigenvalue weighted by Crippen LogP contribution is 2.49. The van der Waals surface area contributed by atoms with E-state index in [2.05, 4.69) is 181 Å². The minimum atomic E-state index is 0.918. The molecule has 0 spiro atoms. The van der Waals surface area contributed by atoms with Crippen molar-refractivity contribution in [1.29, 1.82) is 0 Å². The highest BCUT2D eigenvalue weighted by Gasteiger charge is 2.21. The lowest BCUT2D eigenvalue weighted by molar-refractivity contribution is 0.670. The summed E-state index contributed by atoms with van der Waals surface area (Å²) in [6.07, 6.45) is 0. The van der Waals surface area contributed by atoms with Crippen LogP contribution in [0.1, 0.15) is 0 Å². The van der Waals surface area contributed by atoms with Crippen LogP contribution in [0.2, 0.25) is 0 Å². The molecule has 2 nitrogen and oxygen atoms in total. The highest BCUT2D eigenvalue weighted by atomic mass is 32.1. The van der Waals surface area contributed by atoms with Crippen molar-refractivity contribution in [3.8, 4) is 22.3 Å². The lowest BCUT2D eigenvalue weighted by Crippen LogP contribution is -2.10. The Hall–Kier alpha value is -6.68. The van der Waals surface area contributed by atoms with Crippen LogP contribution in [0.5, 0.6) is 0 Å². The first-order valence-corrected chi connectivity index (χ1v) is 18.8. The van der Waals surface area contributed by atoms with E-state index in [1.807, 2.05) is 23.5 Å². The van der Waals surface area contributed by atoms with Gasteiger partial charge in [0.25, 0.3) is 0 Å². The molecule has 11 aromatic rings. The third-order valence-corrected chi connectivity index (χ3v) is 11.9. The van der Waals surface area contributed by atoms with Gasteiger partial charge in [0, 0.05) is 48.3 Å². The van der Waals surface area contributed by atoms with Crippen molar-refractivity contribution in [2.45, 2.75) is 0 Å². The monoisotopic (exact) mass is 693 g/mol. The molecular weight excluding hydrogens is 663 g/mol. The summed E-state index contributed by atoms with van der Waals surface area (Å²) < 4.78 is 8.98. The van der Waals surface area contributed by atoms with E-state index in [-0.39, 0.29) is 0 Å². The molecule has 0 bridgehead atoms. The Balaban J connectivity index is 1.10. The topological polar surface area (TPSA) is 16.4 Å². The minimum absolute atomic E-state index is 0.918. The first kappa shape index (κ1) is 30.0. The van der Waals surface area contributed by atoms with Crippen LogP contribution in [0, 0.1) is 0 Å². The lowest BCUT2D eigenvalue weighted by atomic mass is 9.94. The van der Waals surface area contributed by atoms with Crippen LogP contribution in [0.4, 0.5) is 17.1 Å². The number of rotatable bonds is 5. The molecule has 3 heteroatoms. The van der Waals surface area contributed by atoms with Gasteiger partial charge in [-0.2, -0.15) is 0 Å². The van der Waals surface area contributed by atoms with Crippen LogP contribution < -0.4 is 4.90 Å². The second-order valence-electron chi connectivity index (χ2n) is 13.6. The Morgan fingerprint density at radius 1 is 0.377 bits per heavy atom. The first-order chi connectivity index (χ1) is 26.3. The van der Waals surface area contributed by atoms with Crippen molar-refractivity contribution >= 4 is 92.1 Å². The molecule has 0 unspecified atom stereocenters. The summed E-state index contributed by atoms with van der Waals surface area (Å²) in [5, 5.41) is 9.83. The summed E-state index contributed by atoms with van der Waals surface area (Å²) >= 11 is 1.90. The largest absolute Gasteiger partial charge is 0.455 e. The predicted molar refractivity (Wildman–Crippen MR) is 227 cm³/mol. The quantitative estimate of drug-likeness (QED) is 0.178. The highest BCUT2D eigenvalue weighted by molar-refractivity contribution is 7.27. The maximum atomic E-state index is 6.39. The fourth-order valence-corrected chi connectivity index (χ4v) is 9.53. The number of hydrogen-bond donors (Lipinski definition) is 0. The maximum absolute atomic E-state index is 6.39. The third-order valence-electron chi connectivity index (χ3n) is 10.7. The molecule has 0 atom stereocenters. The predicted octanol–water partition coefficient (Wildman–Crippen LogP) is 15.1. The van der Waals surface area contributed by atoms with Gasteiger partial charge in [0.05, 0.1) is 16.1 Å². The zero-order valence-corrected chi connectivity index (χ0v) is 29.5. The minimum Gasteiger partial charge on any atom is -0.455 e. The van der Waals surface area contributed by atoms with Gasteiger partial charge in [-0.15, -0.1) is 11.3 Å². The SMILES string of the molecule is c1ccc(N(c2cccc3ccccc23)c2cccc3c2sc2c4ccccc4c(-c4ccc(-c5cccc6c5oc5ccccc56)cc4)cc32)cc1. The second kappa shape index (κ2) is 11.9. The number of furan rings is 1. The van der Waals surface area contributed by atoms with Crippen LogP contribution in [0.15, 0.2) is 192 Å². The van der Waals surface area contributed by atoms with Crippen molar-refractivity contribution in [3.63, 3.8) is 0 Å². The number of thiophene rings is 1. The number of para-hydroxylation sites is 3. The van der Waals surface area contributed by atoms with Crippen LogP contribution >= 0.6 is 11.3 Å². The van der Waals surface area contributed by atoms with Crippen molar-refractivity contribution in [2.24, 2.45) is 0 Å². The molecule has 0 radical (unpaired) electrons. The third kappa shape index (κ3) is 4.71. The lowest BCUT2D eigenvalue weighted by Gasteiger charge is -2.27. The number of anilines is 3. The molecule has 53 heavy (non-hydrogen) atoms. The first-order valence-electron chi connectivity index (χ1n) is 18.0. The van der Waals surface area contributed by atoms with Gasteiger partial charge >= 0.3 is 0 Å². The van der Waals surface area contributed by atoms with Gasteiger partial charge in [-0.05, 0) is 63.9 Å². The smallest absolute Gasteiger partial charge is 0.143 e. The molecule has 0 aliphatic rings. The normalized spacial score (nSPS) is 11.8. The Morgan fingerprint density at radius 3 is 1.81 bits per heavy atom. The van der Waals surface area contributed by atoms with Crippen molar-refractivity contribution in [1.82, 2.24) is 0 Å². The van der Waals surface area contributed by atoms with E-state index in [1.165, 1.54) is 64.2 Å². The van der Waals surface area contributed by atoms with Crippen molar-refractivity contribution in [3.05, 3.63) is 188 Å². The van der Waals surface area contributed by atoms with Crippen molar-refractivity contribution in [2.75, 3.05) is 4.90 Å². The number of hydrogen-bond acceptors (Lipinski definition) is 3. The number of benzene rings is 9. The van der Waals surface area contributed by atoms with Gasteiger partial charge in [-0.3, -0.25) is 0 Å². The summed E-state index contributed by atoms with van der Waals surface area (Å²) in [5.41, 5.74) is 10.0. The average Bonchev–Trinajstić information content (AvgIpc) is 3.81. The summed E-state index contributed by atoms with van der Waals surface area (Å²) in [6, 6.07) is 67.8. The summed E-state index contributed by atoms with van der Waals surface area (Å²) in [5.74, 6) is 0. The van der Waals surface area contributed by atoms with E-state index in [1.54, 1.807) is 0 Å². The van der Waals surface area contributed by atoms with Crippen LogP contribution in [0.25, 0.3) is 85.9 Å². The Labute approximate surface area is 310 Å². The van der Waals surface area contributed by atoms with Crippen LogP contribution in [-0.4, -0.2) is 0 Å². The molecule has 0 aliphatic heterocycles. The van der Waals surface area contributed by atoms with Crippen LogP contribution in [0.3, 0.4) is 0 Å². The van der Waals surface area contributed by atoms with E-state index in [0.29, 0.717) is 0 Å². The summed E-state index contributed by atoms with van der Waals surface area (Å²) in [6.45, 7) is 0. The molecule has 0 amide bonds. The van der Waals surface area contributed by atoms with Crippen LogP contribution in [-0.2, 0) is 0 Å². The van der Waals surface area contributed by atoms with E-state index in [4.69, 9.17) is 4.42 Å². The maximum Gasteiger partial charge on any atom is 0.143 e.